The summed E-state index contributed by atoms with van der Waals surface area (Å²) in [7, 11) is 1.76. The van der Waals surface area contributed by atoms with Gasteiger partial charge in [-0.15, -0.1) is 0 Å². The summed E-state index contributed by atoms with van der Waals surface area (Å²) in [5.74, 6) is 3.20. The van der Waals surface area contributed by atoms with Gasteiger partial charge in [-0.2, -0.15) is 0 Å². The minimum absolute atomic E-state index is 0.0724. The van der Waals surface area contributed by atoms with Gasteiger partial charge in [-0.05, 0) is 97.4 Å². The molecule has 0 saturated heterocycles. The van der Waals surface area contributed by atoms with Gasteiger partial charge in [0.2, 0.25) is 0 Å². The third kappa shape index (κ3) is 1.89. The smallest absolute Gasteiger partial charge is 0.119 e. The van der Waals surface area contributed by atoms with Crippen molar-refractivity contribution in [1.29, 1.82) is 0 Å². The highest BCUT2D eigenvalue weighted by Gasteiger charge is 2.54. The fraction of sp³-hybridized carbons (Fsp3) is 0.700. The molecule has 3 aliphatic carbocycles. The van der Waals surface area contributed by atoms with Crippen molar-refractivity contribution in [3.8, 4) is 5.75 Å². The van der Waals surface area contributed by atoms with Gasteiger partial charge in [0.25, 0.3) is 0 Å². The van der Waals surface area contributed by atoms with Gasteiger partial charge in [0.05, 0.1) is 13.2 Å². The topological polar surface area (TPSA) is 29.5 Å². The molecule has 0 radical (unpaired) electrons. The summed E-state index contributed by atoms with van der Waals surface area (Å²) < 4.78 is 5.46. The van der Waals surface area contributed by atoms with Crippen LogP contribution in [0, 0.1) is 24.2 Å². The van der Waals surface area contributed by atoms with Crippen LogP contribution in [0.1, 0.15) is 61.6 Å². The standard InChI is InChI=1S/C20H28O2/c1-12-10-14(22-3)11-13-4-5-15-16(19(12)13)8-9-20(2)17(15)6-7-18(20)21/h10-11,15-18,21H,4-9H2,1-3H3/t15-,16+,17-,18+,20-/m0/s1. The third-order valence-electron chi connectivity index (χ3n) is 7.19. The Kier molecular flexibility index (Phi) is 3.30. The van der Waals surface area contributed by atoms with Gasteiger partial charge >= 0.3 is 0 Å². The van der Waals surface area contributed by atoms with E-state index in [2.05, 4.69) is 26.0 Å². The lowest BCUT2D eigenvalue weighted by Crippen LogP contribution is -2.44. The van der Waals surface area contributed by atoms with Crippen LogP contribution in [0.4, 0.5) is 0 Å². The highest BCUT2D eigenvalue weighted by atomic mass is 16.5. The molecule has 0 unspecified atom stereocenters. The molecule has 0 aliphatic heterocycles. The average molecular weight is 300 g/mol. The van der Waals surface area contributed by atoms with Crippen LogP contribution in [0.5, 0.6) is 5.75 Å². The normalized spacial score (nSPS) is 39.8. The summed E-state index contributed by atoms with van der Waals surface area (Å²) in [5, 5.41) is 10.5. The lowest BCUT2D eigenvalue weighted by atomic mass is 9.55. The number of hydrogen-bond acceptors (Lipinski definition) is 2. The molecular weight excluding hydrogens is 272 g/mol. The molecule has 2 saturated carbocycles. The molecule has 5 atom stereocenters. The molecule has 3 aliphatic rings. The fourth-order valence-corrected chi connectivity index (χ4v) is 6.03. The van der Waals surface area contributed by atoms with Crippen molar-refractivity contribution >= 4 is 0 Å². The van der Waals surface area contributed by atoms with Crippen LogP contribution in [0.2, 0.25) is 0 Å². The van der Waals surface area contributed by atoms with Crippen LogP contribution < -0.4 is 4.74 Å². The first-order valence-corrected chi connectivity index (χ1v) is 8.90. The second-order valence-electron chi connectivity index (χ2n) is 8.07. The molecule has 4 rings (SSSR count). The summed E-state index contributed by atoms with van der Waals surface area (Å²) in [6, 6.07) is 4.47. The number of aliphatic hydroxyl groups is 1. The number of ether oxygens (including phenoxy) is 1. The number of fused-ring (bicyclic) bond motifs is 5. The number of methoxy groups -OCH3 is 1. The van der Waals surface area contributed by atoms with Gasteiger partial charge < -0.3 is 9.84 Å². The van der Waals surface area contributed by atoms with Gasteiger partial charge in [-0.25, -0.2) is 0 Å². The van der Waals surface area contributed by atoms with Crippen molar-refractivity contribution in [1.82, 2.24) is 0 Å². The second kappa shape index (κ2) is 4.99. The molecule has 0 spiro atoms. The quantitative estimate of drug-likeness (QED) is 0.841. The molecular formula is C20H28O2. The lowest BCUT2D eigenvalue weighted by molar-refractivity contribution is -0.0227. The van der Waals surface area contributed by atoms with Crippen LogP contribution in [-0.4, -0.2) is 18.3 Å². The van der Waals surface area contributed by atoms with Gasteiger partial charge in [0, 0.05) is 0 Å². The van der Waals surface area contributed by atoms with E-state index in [1.807, 2.05) is 0 Å². The van der Waals surface area contributed by atoms with E-state index in [-0.39, 0.29) is 11.5 Å². The molecule has 0 aromatic heterocycles. The number of aryl methyl sites for hydroxylation is 2. The molecule has 2 heteroatoms. The van der Waals surface area contributed by atoms with Crippen molar-refractivity contribution < 1.29 is 9.84 Å². The maximum absolute atomic E-state index is 10.5. The predicted molar refractivity (Wildman–Crippen MR) is 88.4 cm³/mol. The van der Waals surface area contributed by atoms with Crippen LogP contribution in [0.25, 0.3) is 0 Å². The minimum atomic E-state index is -0.0724. The number of hydrogen-bond donors (Lipinski definition) is 1. The van der Waals surface area contributed by atoms with Crippen LogP contribution in [0.15, 0.2) is 12.1 Å². The van der Waals surface area contributed by atoms with E-state index >= 15 is 0 Å². The first-order chi connectivity index (χ1) is 10.5. The van der Waals surface area contributed by atoms with E-state index in [0.29, 0.717) is 5.92 Å². The predicted octanol–water partition coefficient (Wildman–Crippen LogP) is 4.22. The number of aliphatic hydroxyl groups excluding tert-OH is 1. The van der Waals surface area contributed by atoms with Crippen LogP contribution in [0.3, 0.4) is 0 Å². The highest BCUT2D eigenvalue weighted by molar-refractivity contribution is 5.46. The minimum Gasteiger partial charge on any atom is -0.497 e. The van der Waals surface area contributed by atoms with E-state index in [9.17, 15) is 5.11 Å². The second-order valence-corrected chi connectivity index (χ2v) is 8.07. The molecule has 2 nitrogen and oxygen atoms in total. The van der Waals surface area contributed by atoms with E-state index in [1.54, 1.807) is 12.7 Å². The Morgan fingerprint density at radius 1 is 1.18 bits per heavy atom. The summed E-state index contributed by atoms with van der Waals surface area (Å²) in [5.41, 5.74) is 4.71. The summed E-state index contributed by atoms with van der Waals surface area (Å²) in [6.07, 6.45) is 7.06. The fourth-order valence-electron chi connectivity index (χ4n) is 6.03. The molecule has 1 N–H and O–H groups in total. The molecule has 22 heavy (non-hydrogen) atoms. The van der Waals surface area contributed by atoms with E-state index in [4.69, 9.17) is 4.74 Å². The van der Waals surface area contributed by atoms with Crippen LogP contribution in [-0.2, 0) is 6.42 Å². The maximum atomic E-state index is 10.5. The summed E-state index contributed by atoms with van der Waals surface area (Å²) in [4.78, 5) is 0. The molecule has 0 heterocycles. The van der Waals surface area contributed by atoms with Crippen molar-refractivity contribution in [2.75, 3.05) is 7.11 Å². The average Bonchev–Trinajstić information content (AvgIpc) is 2.82. The number of rotatable bonds is 1. The third-order valence-corrected chi connectivity index (χ3v) is 7.19. The van der Waals surface area contributed by atoms with Gasteiger partial charge in [0.15, 0.2) is 0 Å². The number of benzene rings is 1. The van der Waals surface area contributed by atoms with Crippen molar-refractivity contribution in [3.05, 3.63) is 28.8 Å². The Bertz CT molecular complexity index is 594. The highest BCUT2D eigenvalue weighted by Crippen LogP contribution is 2.61. The van der Waals surface area contributed by atoms with Crippen molar-refractivity contribution in [3.63, 3.8) is 0 Å². The molecule has 120 valence electrons. The van der Waals surface area contributed by atoms with Gasteiger partial charge in [-0.3, -0.25) is 0 Å². The van der Waals surface area contributed by atoms with Crippen molar-refractivity contribution in [2.24, 2.45) is 17.3 Å². The van der Waals surface area contributed by atoms with Crippen LogP contribution >= 0.6 is 0 Å². The first-order valence-electron chi connectivity index (χ1n) is 8.90. The Hall–Kier alpha value is -1.02. The Balaban J connectivity index is 1.73. The van der Waals surface area contributed by atoms with Gasteiger partial charge in [-0.1, -0.05) is 6.92 Å². The maximum Gasteiger partial charge on any atom is 0.119 e. The molecule has 0 amide bonds. The van der Waals surface area contributed by atoms with E-state index in [0.717, 1.165) is 24.0 Å². The zero-order valence-electron chi connectivity index (χ0n) is 14.1. The zero-order chi connectivity index (χ0) is 15.5. The Morgan fingerprint density at radius 3 is 2.77 bits per heavy atom. The largest absolute Gasteiger partial charge is 0.497 e. The van der Waals surface area contributed by atoms with E-state index < -0.39 is 0 Å². The SMILES string of the molecule is COc1cc(C)c2c(c1)CC[C@H]1[C@H]2CC[C@]2(C)[C@H](O)CC[C@@H]12. The molecule has 0 bridgehead atoms. The van der Waals surface area contributed by atoms with Gasteiger partial charge in [0.1, 0.15) is 5.75 Å². The zero-order valence-corrected chi connectivity index (χ0v) is 14.1. The first kappa shape index (κ1) is 14.6. The Labute approximate surface area is 133 Å². The molecule has 1 aromatic carbocycles. The summed E-state index contributed by atoms with van der Waals surface area (Å²) in [6.45, 7) is 4.60. The van der Waals surface area contributed by atoms with E-state index in [1.165, 1.54) is 43.2 Å². The van der Waals surface area contributed by atoms with Crippen molar-refractivity contribution in [2.45, 2.75) is 64.4 Å². The monoisotopic (exact) mass is 300 g/mol. The lowest BCUT2D eigenvalue weighted by Gasteiger charge is -2.50. The molecule has 2 fully saturated rings. The molecule has 1 aromatic rings. The Morgan fingerprint density at radius 2 is 2.00 bits per heavy atom. The summed E-state index contributed by atoms with van der Waals surface area (Å²) >= 11 is 0.